The summed E-state index contributed by atoms with van der Waals surface area (Å²) < 4.78 is 34.7. The number of carbonyl (C=O) groups excluding carboxylic acids is 1. The number of aromatic nitrogens is 1. The van der Waals surface area contributed by atoms with E-state index in [2.05, 4.69) is 21.5 Å². The lowest BCUT2D eigenvalue weighted by Gasteiger charge is -2.38. The molecule has 1 aliphatic rings. The van der Waals surface area contributed by atoms with Crippen LogP contribution in [0.15, 0.2) is 57.9 Å². The molecule has 0 fully saturated rings. The van der Waals surface area contributed by atoms with Gasteiger partial charge in [-0.1, -0.05) is 24.2 Å². The van der Waals surface area contributed by atoms with Crippen LogP contribution in [0.1, 0.15) is 29.0 Å². The number of likely N-dealkylation sites (N-methyl/N-ethyl adjacent to an activating group) is 1. The number of ether oxygens (including phenoxy) is 1. The summed E-state index contributed by atoms with van der Waals surface area (Å²) in [5.74, 6) is -2.32. The van der Waals surface area contributed by atoms with Crippen LogP contribution in [-0.2, 0) is 10.3 Å². The number of nitriles is 1. The SMILES string of the molecule is C[C@@H](c1nc(-c2ccc(C#N)cc2)cs1)[C@](O)(C[N+]1(CCOC(=O)NCCN(C)C)C=NC=N1)c1cc(F)ccc1F. The van der Waals surface area contributed by atoms with E-state index in [4.69, 9.17) is 15.0 Å². The van der Waals surface area contributed by atoms with Crippen LogP contribution < -0.4 is 5.32 Å². The molecule has 13 heteroatoms. The van der Waals surface area contributed by atoms with Crippen molar-refractivity contribution in [3.63, 3.8) is 0 Å². The summed E-state index contributed by atoms with van der Waals surface area (Å²) in [6.07, 6.45) is 2.16. The summed E-state index contributed by atoms with van der Waals surface area (Å²) in [5, 5.41) is 30.7. The number of hydrogen-bond donors (Lipinski definition) is 2. The third-order valence-electron chi connectivity index (χ3n) is 7.00. The molecule has 220 valence electrons. The van der Waals surface area contributed by atoms with Gasteiger partial charge in [-0.2, -0.15) is 10.3 Å². The minimum Gasteiger partial charge on any atom is -0.443 e. The van der Waals surface area contributed by atoms with Gasteiger partial charge in [0, 0.05) is 35.5 Å². The van der Waals surface area contributed by atoms with Gasteiger partial charge in [0.15, 0.2) is 11.9 Å². The number of aliphatic imine (C=N–C) groups is 1. The Bertz CT molecular complexity index is 1490. The number of thiazole rings is 1. The molecule has 1 amide bonds. The summed E-state index contributed by atoms with van der Waals surface area (Å²) in [4.78, 5) is 22.9. The van der Waals surface area contributed by atoms with Crippen molar-refractivity contribution >= 4 is 30.1 Å². The number of nitrogens with one attached hydrogen (secondary N) is 1. The van der Waals surface area contributed by atoms with Crippen LogP contribution in [0.5, 0.6) is 0 Å². The first-order chi connectivity index (χ1) is 20.0. The smallest absolute Gasteiger partial charge is 0.407 e. The van der Waals surface area contributed by atoms with E-state index < -0.39 is 29.2 Å². The number of hydrogen-bond acceptors (Lipinski definition) is 9. The standard InChI is InChI=1S/C29H31F2N7O3S/c1-20(27-36-26(16-42-27)22-6-4-21(15-32)5-7-22)29(40,24-14-23(30)8-9-25(24)31)17-38(19-33-18-35-38)12-13-41-28(39)34-10-11-37(2)3/h4-9,14,16,18-20,40H,10-13,17H2,1-3H3/p+1/t20-,29+,38?/m0/s1. The van der Waals surface area contributed by atoms with E-state index in [0.717, 1.165) is 23.8 Å². The third kappa shape index (κ3) is 7.21. The molecule has 1 aromatic heterocycles. The maximum atomic E-state index is 15.3. The van der Waals surface area contributed by atoms with Crippen molar-refractivity contribution in [3.8, 4) is 17.3 Å². The molecule has 2 N–H and O–H groups in total. The fraction of sp³-hybridized carbons (Fsp3) is 0.345. The van der Waals surface area contributed by atoms with Crippen molar-refractivity contribution in [1.29, 1.82) is 5.26 Å². The van der Waals surface area contributed by atoms with Crippen molar-refractivity contribution in [1.82, 2.24) is 15.2 Å². The molecule has 42 heavy (non-hydrogen) atoms. The van der Waals surface area contributed by atoms with Crippen LogP contribution in [0, 0.1) is 23.0 Å². The summed E-state index contributed by atoms with van der Waals surface area (Å²) in [6, 6.07) is 11.9. The molecule has 0 saturated heterocycles. The number of halogens is 2. The Morgan fingerprint density at radius 3 is 2.69 bits per heavy atom. The highest BCUT2D eigenvalue weighted by Crippen LogP contribution is 2.42. The Morgan fingerprint density at radius 1 is 1.26 bits per heavy atom. The van der Waals surface area contributed by atoms with Gasteiger partial charge in [0.05, 0.1) is 22.3 Å². The predicted molar refractivity (Wildman–Crippen MR) is 156 cm³/mol. The van der Waals surface area contributed by atoms with Gasteiger partial charge in [0.25, 0.3) is 0 Å². The molecule has 3 atom stereocenters. The molecular formula is C29H32F2N7O3S+. The second-order valence-electron chi connectivity index (χ2n) is 10.3. The van der Waals surface area contributed by atoms with Crippen molar-refractivity contribution in [2.45, 2.75) is 18.4 Å². The van der Waals surface area contributed by atoms with Gasteiger partial charge in [-0.05, 0) is 44.4 Å². The van der Waals surface area contributed by atoms with E-state index in [9.17, 15) is 14.3 Å². The average molecular weight is 597 g/mol. The van der Waals surface area contributed by atoms with Gasteiger partial charge in [0.2, 0.25) is 6.34 Å². The molecule has 3 aromatic rings. The molecule has 10 nitrogen and oxygen atoms in total. The number of nitrogens with zero attached hydrogens (tertiary/aromatic N) is 6. The molecule has 0 saturated carbocycles. The van der Waals surface area contributed by atoms with Crippen molar-refractivity contribution < 1.29 is 28.0 Å². The zero-order chi connectivity index (χ0) is 30.3. The normalized spacial score (nSPS) is 18.0. The van der Waals surface area contributed by atoms with Gasteiger partial charge in [0.1, 0.15) is 31.3 Å². The van der Waals surface area contributed by atoms with Crippen LogP contribution in [0.25, 0.3) is 11.3 Å². The quantitative estimate of drug-likeness (QED) is 0.304. The number of aliphatic hydroxyl groups is 1. The topological polar surface area (TPSA) is 123 Å². The van der Waals surface area contributed by atoms with E-state index in [1.807, 2.05) is 19.0 Å². The largest absolute Gasteiger partial charge is 0.443 e. The fourth-order valence-electron chi connectivity index (χ4n) is 4.56. The number of amides is 1. The molecule has 1 aliphatic heterocycles. The lowest BCUT2D eigenvalue weighted by Crippen LogP contribution is -2.54. The van der Waals surface area contributed by atoms with Crippen molar-refractivity contribution in [2.24, 2.45) is 10.1 Å². The highest BCUT2D eigenvalue weighted by Gasteiger charge is 2.49. The van der Waals surface area contributed by atoms with Crippen molar-refractivity contribution in [3.05, 3.63) is 75.6 Å². The Morgan fingerprint density at radius 2 is 2.02 bits per heavy atom. The Hall–Kier alpha value is -4.09. The maximum absolute atomic E-state index is 15.3. The number of alkyl carbamates (subject to hydrolysis) is 1. The second kappa shape index (κ2) is 13.3. The highest BCUT2D eigenvalue weighted by atomic mass is 32.1. The molecule has 1 unspecified atom stereocenters. The Labute approximate surface area is 246 Å². The first-order valence-corrected chi connectivity index (χ1v) is 14.1. The van der Waals surface area contributed by atoms with E-state index >= 15 is 4.39 Å². The van der Waals surface area contributed by atoms with Gasteiger partial charge in [-0.3, -0.25) is 0 Å². The van der Waals surface area contributed by atoms with Crippen LogP contribution in [0.3, 0.4) is 0 Å². The summed E-state index contributed by atoms with van der Waals surface area (Å²) in [5.41, 5.74) is -0.360. The predicted octanol–water partition coefficient (Wildman–Crippen LogP) is 4.04. The van der Waals surface area contributed by atoms with E-state index in [0.29, 0.717) is 29.4 Å². The van der Waals surface area contributed by atoms with E-state index in [-0.39, 0.29) is 29.9 Å². The molecule has 2 aromatic carbocycles. The van der Waals surface area contributed by atoms with Crippen LogP contribution in [0.2, 0.25) is 0 Å². The van der Waals surface area contributed by atoms with Gasteiger partial charge in [-0.15, -0.1) is 15.9 Å². The zero-order valence-corrected chi connectivity index (χ0v) is 24.3. The third-order valence-corrected chi connectivity index (χ3v) is 8.03. The Balaban J connectivity index is 1.61. The monoisotopic (exact) mass is 596 g/mol. The average Bonchev–Trinajstić information content (AvgIpc) is 3.64. The maximum Gasteiger partial charge on any atom is 0.407 e. The second-order valence-corrected chi connectivity index (χ2v) is 11.2. The summed E-state index contributed by atoms with van der Waals surface area (Å²) in [6.45, 7) is 2.49. The van der Waals surface area contributed by atoms with Gasteiger partial charge < -0.3 is 20.1 Å². The van der Waals surface area contributed by atoms with E-state index in [1.165, 1.54) is 24.0 Å². The van der Waals surface area contributed by atoms with Crippen molar-refractivity contribution in [2.75, 3.05) is 46.9 Å². The molecule has 0 radical (unpaired) electrons. The molecular weight excluding hydrogens is 564 g/mol. The van der Waals surface area contributed by atoms with Gasteiger partial charge >= 0.3 is 6.09 Å². The lowest BCUT2D eigenvalue weighted by atomic mass is 9.81. The van der Waals surface area contributed by atoms with Crippen LogP contribution in [0.4, 0.5) is 13.6 Å². The highest BCUT2D eigenvalue weighted by molar-refractivity contribution is 7.10. The van der Waals surface area contributed by atoms with Crippen LogP contribution >= 0.6 is 11.3 Å². The number of benzene rings is 2. The molecule has 4 rings (SSSR count). The first-order valence-electron chi connectivity index (χ1n) is 13.2. The summed E-state index contributed by atoms with van der Waals surface area (Å²) >= 11 is 1.27. The molecule has 0 spiro atoms. The zero-order valence-electron chi connectivity index (χ0n) is 23.5. The molecule has 0 aliphatic carbocycles. The lowest BCUT2D eigenvalue weighted by molar-refractivity contribution is -0.848. The minimum absolute atomic E-state index is 0.0760. The first kappa shape index (κ1) is 30.9. The fourth-order valence-corrected chi connectivity index (χ4v) is 5.53. The molecule has 2 heterocycles. The number of carbonyl (C=O) groups is 1. The number of quaternary nitrogens is 1. The summed E-state index contributed by atoms with van der Waals surface area (Å²) in [7, 11) is 3.77. The molecule has 0 bridgehead atoms. The number of rotatable bonds is 12. The van der Waals surface area contributed by atoms with Crippen LogP contribution in [-0.4, -0.2) is 85.2 Å². The Kier molecular flexibility index (Phi) is 9.74. The minimum atomic E-state index is -2.01. The van der Waals surface area contributed by atoms with E-state index in [1.54, 1.807) is 36.6 Å². The van der Waals surface area contributed by atoms with Gasteiger partial charge in [-0.25, -0.2) is 18.6 Å².